The number of nitrogens with two attached hydrogens (primary N) is 1. The summed E-state index contributed by atoms with van der Waals surface area (Å²) in [5, 5.41) is 0.167. The second-order valence-electron chi connectivity index (χ2n) is 9.84. The second kappa shape index (κ2) is 7.97. The van der Waals surface area contributed by atoms with E-state index in [2.05, 4.69) is 9.97 Å². The highest BCUT2D eigenvalue weighted by molar-refractivity contribution is 6.29. The van der Waals surface area contributed by atoms with Crippen molar-refractivity contribution < 1.29 is 19.1 Å². The van der Waals surface area contributed by atoms with Gasteiger partial charge in [-0.25, -0.2) is 19.7 Å². The summed E-state index contributed by atoms with van der Waals surface area (Å²) in [7, 11) is 1.50. The Morgan fingerprint density at radius 3 is 2.38 bits per heavy atom. The Morgan fingerprint density at radius 1 is 1.12 bits per heavy atom. The Kier molecular flexibility index (Phi) is 5.31. The molecule has 0 aromatic carbocycles. The molecule has 5 rings (SSSR count). The van der Waals surface area contributed by atoms with Gasteiger partial charge in [-0.15, -0.1) is 0 Å². The average molecular weight is 487 g/mol. The molecule has 0 atom stereocenters. The fourth-order valence-electron chi connectivity index (χ4n) is 4.70. The molecule has 2 aromatic rings. The van der Waals surface area contributed by atoms with Crippen LogP contribution in [-0.4, -0.2) is 59.3 Å². The molecular formula is C23H27ClN6O4. The third-order valence-corrected chi connectivity index (χ3v) is 7.16. The summed E-state index contributed by atoms with van der Waals surface area (Å²) >= 11 is 6.22. The molecule has 180 valence electrons. The van der Waals surface area contributed by atoms with Crippen molar-refractivity contribution in [3.8, 4) is 17.1 Å². The predicted octanol–water partition coefficient (Wildman–Crippen LogP) is 3.42. The number of carbonyl (C=O) groups is 2. The number of pyridine rings is 1. The summed E-state index contributed by atoms with van der Waals surface area (Å²) in [6.45, 7) is 5.40. The number of hydrogen-bond donors (Lipinski definition) is 1. The summed E-state index contributed by atoms with van der Waals surface area (Å²) in [5.41, 5.74) is 6.01. The lowest BCUT2D eigenvalue weighted by molar-refractivity contribution is 0.0995. The van der Waals surface area contributed by atoms with Gasteiger partial charge in [-0.1, -0.05) is 11.6 Å². The Labute approximate surface area is 202 Å². The van der Waals surface area contributed by atoms with E-state index in [9.17, 15) is 9.59 Å². The van der Waals surface area contributed by atoms with Crippen LogP contribution in [0.4, 0.5) is 16.4 Å². The number of ether oxygens (including phenoxy) is 2. The molecule has 3 aliphatic rings. The van der Waals surface area contributed by atoms with Crippen LogP contribution < -0.4 is 20.3 Å². The smallest absolute Gasteiger partial charge is 0.416 e. The van der Waals surface area contributed by atoms with Crippen LogP contribution in [0.2, 0.25) is 5.15 Å². The minimum Gasteiger partial charge on any atom is -0.497 e. The number of anilines is 2. The largest absolute Gasteiger partial charge is 0.497 e. The van der Waals surface area contributed by atoms with Crippen LogP contribution in [0.15, 0.2) is 12.1 Å². The van der Waals surface area contributed by atoms with Gasteiger partial charge in [-0.05, 0) is 44.9 Å². The van der Waals surface area contributed by atoms with E-state index in [4.69, 9.17) is 31.8 Å². The maximum atomic E-state index is 12.8. The molecule has 2 saturated heterocycles. The van der Waals surface area contributed by atoms with Gasteiger partial charge in [-0.2, -0.15) is 0 Å². The fraction of sp³-hybridized carbons (Fsp3) is 0.522. The summed E-state index contributed by atoms with van der Waals surface area (Å²) in [4.78, 5) is 42.7. The quantitative estimate of drug-likeness (QED) is 0.637. The monoisotopic (exact) mass is 486 g/mol. The number of amides is 2. The van der Waals surface area contributed by atoms with Crippen LogP contribution in [0.1, 0.15) is 50.0 Å². The van der Waals surface area contributed by atoms with E-state index >= 15 is 0 Å². The van der Waals surface area contributed by atoms with E-state index in [1.807, 2.05) is 18.7 Å². The van der Waals surface area contributed by atoms with Crippen molar-refractivity contribution in [2.24, 2.45) is 11.1 Å². The van der Waals surface area contributed by atoms with Crippen LogP contribution in [0.5, 0.6) is 5.75 Å². The maximum Gasteiger partial charge on any atom is 0.416 e. The molecule has 1 spiro atoms. The third-order valence-electron chi connectivity index (χ3n) is 6.97. The van der Waals surface area contributed by atoms with Gasteiger partial charge in [0.15, 0.2) is 17.3 Å². The standard InChI is InChI=1S/C23H27ClN6O4/c1-22(2)12-34-21(32)30(22)20-16(14-10-13(33-3)11-15(24)26-14)27-17(18(25)31)19(28-20)29-8-6-23(4-5-23)7-9-29/h10-11H,4-9,12H2,1-3H3,(H2,25,31). The number of cyclic esters (lactones) is 1. The molecule has 3 fully saturated rings. The highest BCUT2D eigenvalue weighted by Crippen LogP contribution is 2.54. The van der Waals surface area contributed by atoms with Crippen molar-refractivity contribution in [3.63, 3.8) is 0 Å². The van der Waals surface area contributed by atoms with E-state index in [-0.39, 0.29) is 29.0 Å². The first kappa shape index (κ1) is 22.6. The maximum absolute atomic E-state index is 12.8. The molecule has 1 aliphatic carbocycles. The van der Waals surface area contributed by atoms with Gasteiger partial charge in [0.05, 0.1) is 18.3 Å². The summed E-state index contributed by atoms with van der Waals surface area (Å²) < 4.78 is 10.7. The fourth-order valence-corrected chi connectivity index (χ4v) is 4.90. The first-order chi connectivity index (χ1) is 16.1. The number of piperidine rings is 1. The van der Waals surface area contributed by atoms with Crippen molar-refractivity contribution in [2.75, 3.05) is 36.6 Å². The molecule has 2 aliphatic heterocycles. The minimum absolute atomic E-state index is 0.0246. The lowest BCUT2D eigenvalue weighted by Crippen LogP contribution is -2.44. The SMILES string of the molecule is COc1cc(Cl)nc(-c2nc(C(N)=O)c(N3CCC4(CC3)CC4)nc2N2C(=O)OCC2(C)C)c1. The Bertz CT molecular complexity index is 1170. The topological polar surface area (TPSA) is 124 Å². The second-order valence-corrected chi connectivity index (χ2v) is 10.2. The number of aromatic nitrogens is 3. The molecule has 2 aromatic heterocycles. The third kappa shape index (κ3) is 3.89. The van der Waals surface area contributed by atoms with Crippen molar-refractivity contribution in [2.45, 2.75) is 45.1 Å². The van der Waals surface area contributed by atoms with E-state index in [1.54, 1.807) is 12.1 Å². The summed E-state index contributed by atoms with van der Waals surface area (Å²) in [6, 6.07) is 3.17. The number of hydrogen-bond acceptors (Lipinski definition) is 8. The van der Waals surface area contributed by atoms with Gasteiger partial charge < -0.3 is 20.1 Å². The molecule has 2 N–H and O–H groups in total. The zero-order chi connectivity index (χ0) is 24.3. The zero-order valence-corrected chi connectivity index (χ0v) is 20.2. The summed E-state index contributed by atoms with van der Waals surface area (Å²) in [6.07, 6.45) is 3.98. The number of rotatable bonds is 5. The zero-order valence-electron chi connectivity index (χ0n) is 19.4. The molecular weight excluding hydrogens is 460 g/mol. The number of carbonyl (C=O) groups excluding carboxylic acids is 2. The number of primary amides is 1. The van der Waals surface area contributed by atoms with Gasteiger partial charge in [0.1, 0.15) is 23.2 Å². The molecule has 0 unspecified atom stereocenters. The lowest BCUT2D eigenvalue weighted by Gasteiger charge is -2.35. The average Bonchev–Trinajstić information content (AvgIpc) is 3.49. The molecule has 11 heteroatoms. The molecule has 0 radical (unpaired) electrons. The van der Waals surface area contributed by atoms with Gasteiger partial charge in [0, 0.05) is 25.2 Å². The molecule has 0 bridgehead atoms. The molecule has 1 saturated carbocycles. The van der Waals surface area contributed by atoms with Gasteiger partial charge in [0.25, 0.3) is 5.91 Å². The lowest BCUT2D eigenvalue weighted by atomic mass is 9.93. The van der Waals surface area contributed by atoms with E-state index in [0.717, 1.165) is 25.9 Å². The molecule has 2 amide bonds. The van der Waals surface area contributed by atoms with Crippen molar-refractivity contribution >= 4 is 35.2 Å². The number of halogens is 1. The minimum atomic E-state index is -0.709. The Balaban J connectivity index is 1.70. The van der Waals surface area contributed by atoms with Gasteiger partial charge in [-0.3, -0.25) is 9.69 Å². The molecule has 10 nitrogen and oxygen atoms in total. The number of nitrogens with zero attached hydrogens (tertiary/aromatic N) is 5. The molecule has 4 heterocycles. The number of methoxy groups -OCH3 is 1. The van der Waals surface area contributed by atoms with Crippen LogP contribution >= 0.6 is 11.6 Å². The van der Waals surface area contributed by atoms with Crippen molar-refractivity contribution in [3.05, 3.63) is 23.0 Å². The van der Waals surface area contributed by atoms with Crippen molar-refractivity contribution in [1.29, 1.82) is 0 Å². The van der Waals surface area contributed by atoms with Crippen molar-refractivity contribution in [1.82, 2.24) is 15.0 Å². The van der Waals surface area contributed by atoms with Crippen LogP contribution in [0.3, 0.4) is 0 Å². The summed E-state index contributed by atoms with van der Waals surface area (Å²) in [5.74, 6) is 0.336. The first-order valence-electron chi connectivity index (χ1n) is 11.3. The highest BCUT2D eigenvalue weighted by atomic mass is 35.5. The van der Waals surface area contributed by atoms with Gasteiger partial charge >= 0.3 is 6.09 Å². The van der Waals surface area contributed by atoms with Crippen LogP contribution in [0, 0.1) is 5.41 Å². The van der Waals surface area contributed by atoms with Gasteiger partial charge in [0.2, 0.25) is 0 Å². The Morgan fingerprint density at radius 2 is 1.82 bits per heavy atom. The molecule has 34 heavy (non-hydrogen) atoms. The van der Waals surface area contributed by atoms with Crippen LogP contribution in [0.25, 0.3) is 11.4 Å². The first-order valence-corrected chi connectivity index (χ1v) is 11.7. The van der Waals surface area contributed by atoms with E-state index in [0.29, 0.717) is 22.7 Å². The normalized spacial score (nSPS) is 20.4. The Hall–Kier alpha value is -3.14. The predicted molar refractivity (Wildman–Crippen MR) is 126 cm³/mol. The highest BCUT2D eigenvalue weighted by Gasteiger charge is 2.46. The van der Waals surface area contributed by atoms with E-state index < -0.39 is 17.5 Å². The van der Waals surface area contributed by atoms with Crippen LogP contribution in [-0.2, 0) is 4.74 Å². The van der Waals surface area contributed by atoms with E-state index in [1.165, 1.54) is 24.9 Å².